The van der Waals surface area contributed by atoms with Gasteiger partial charge in [-0.15, -0.1) is 0 Å². The van der Waals surface area contributed by atoms with Crippen LogP contribution in [0.5, 0.6) is 5.75 Å². The summed E-state index contributed by atoms with van der Waals surface area (Å²) in [5, 5.41) is 12.0. The molecule has 1 amide bonds. The number of phenolic OH excluding ortho intramolecular Hbond substituents is 1. The average Bonchev–Trinajstić information content (AvgIpc) is 2.29. The van der Waals surface area contributed by atoms with Crippen molar-refractivity contribution in [3.05, 3.63) is 23.8 Å². The van der Waals surface area contributed by atoms with Crippen LogP contribution in [-0.2, 0) is 9.53 Å². The van der Waals surface area contributed by atoms with Gasteiger partial charge in [-0.25, -0.2) is 0 Å². The Bertz CT molecular complexity index is 393. The number of aryl methyl sites for hydroxylation is 1. The fourth-order valence-corrected chi connectivity index (χ4v) is 1.39. The van der Waals surface area contributed by atoms with E-state index in [2.05, 4.69) is 5.32 Å². The summed E-state index contributed by atoms with van der Waals surface area (Å²) in [5.41, 5.74) is 7.13. The highest BCUT2D eigenvalue weighted by Gasteiger charge is 2.14. The van der Waals surface area contributed by atoms with Crippen molar-refractivity contribution in [1.29, 1.82) is 0 Å². The average molecular weight is 238 g/mol. The van der Waals surface area contributed by atoms with Crippen LogP contribution in [0.1, 0.15) is 12.0 Å². The second kappa shape index (κ2) is 6.22. The molecule has 0 bridgehead atoms. The molecule has 5 nitrogen and oxygen atoms in total. The van der Waals surface area contributed by atoms with Crippen molar-refractivity contribution in [1.82, 2.24) is 0 Å². The van der Waals surface area contributed by atoms with Crippen LogP contribution >= 0.6 is 0 Å². The number of aromatic hydroxyl groups is 1. The number of methoxy groups -OCH3 is 1. The molecule has 0 fully saturated rings. The minimum atomic E-state index is -0.594. The smallest absolute Gasteiger partial charge is 0.241 e. The number of hydrogen-bond donors (Lipinski definition) is 3. The lowest BCUT2D eigenvalue weighted by Gasteiger charge is -2.13. The lowest BCUT2D eigenvalue weighted by Crippen LogP contribution is -2.36. The van der Waals surface area contributed by atoms with Gasteiger partial charge in [0.2, 0.25) is 5.91 Å². The predicted molar refractivity (Wildman–Crippen MR) is 65.9 cm³/mol. The number of amides is 1. The number of carbonyl (C=O) groups is 1. The van der Waals surface area contributed by atoms with Crippen LogP contribution in [0, 0.1) is 6.92 Å². The molecule has 4 N–H and O–H groups in total. The number of benzene rings is 1. The molecule has 5 heteroatoms. The quantitative estimate of drug-likeness (QED) is 0.668. The third-order valence-corrected chi connectivity index (χ3v) is 2.44. The topological polar surface area (TPSA) is 84.6 Å². The van der Waals surface area contributed by atoms with Gasteiger partial charge in [0.15, 0.2) is 0 Å². The number of anilines is 1. The van der Waals surface area contributed by atoms with E-state index in [1.54, 1.807) is 26.2 Å². The summed E-state index contributed by atoms with van der Waals surface area (Å²) < 4.78 is 4.86. The molecule has 94 valence electrons. The van der Waals surface area contributed by atoms with Gasteiger partial charge in [0.1, 0.15) is 5.75 Å². The van der Waals surface area contributed by atoms with Gasteiger partial charge < -0.3 is 20.9 Å². The fraction of sp³-hybridized carbons (Fsp3) is 0.417. The number of nitrogens with one attached hydrogen (secondary N) is 1. The van der Waals surface area contributed by atoms with Gasteiger partial charge in [0.25, 0.3) is 0 Å². The molecule has 1 unspecified atom stereocenters. The summed E-state index contributed by atoms with van der Waals surface area (Å²) >= 11 is 0. The number of phenols is 1. The summed E-state index contributed by atoms with van der Waals surface area (Å²) in [5.74, 6) is -0.0833. The zero-order valence-corrected chi connectivity index (χ0v) is 10.1. The van der Waals surface area contributed by atoms with E-state index in [4.69, 9.17) is 10.5 Å². The van der Waals surface area contributed by atoms with E-state index in [0.717, 1.165) is 5.56 Å². The monoisotopic (exact) mass is 238 g/mol. The van der Waals surface area contributed by atoms with Gasteiger partial charge in [0, 0.05) is 19.4 Å². The molecule has 0 heterocycles. The molecule has 0 aliphatic carbocycles. The molecule has 1 aromatic rings. The first kappa shape index (κ1) is 13.5. The minimum absolute atomic E-state index is 0.171. The second-order valence-electron chi connectivity index (χ2n) is 3.88. The maximum Gasteiger partial charge on any atom is 0.241 e. The zero-order valence-electron chi connectivity index (χ0n) is 10.1. The maximum atomic E-state index is 11.7. The molecule has 0 aliphatic rings. The summed E-state index contributed by atoms with van der Waals surface area (Å²) in [6, 6.07) is 4.15. The summed E-state index contributed by atoms with van der Waals surface area (Å²) in [4.78, 5) is 11.7. The van der Waals surface area contributed by atoms with E-state index in [1.165, 1.54) is 6.07 Å². The molecule has 1 rings (SSSR count). The number of nitrogens with two attached hydrogens (primary N) is 1. The largest absolute Gasteiger partial charge is 0.508 e. The second-order valence-corrected chi connectivity index (χ2v) is 3.88. The normalized spacial score (nSPS) is 12.2. The number of carbonyl (C=O) groups excluding carboxylic acids is 1. The van der Waals surface area contributed by atoms with Crippen molar-refractivity contribution in [3.63, 3.8) is 0 Å². The first-order valence-electron chi connectivity index (χ1n) is 5.39. The van der Waals surface area contributed by atoms with Crippen molar-refractivity contribution < 1.29 is 14.6 Å². The van der Waals surface area contributed by atoms with E-state index in [1.807, 2.05) is 0 Å². The lowest BCUT2D eigenvalue weighted by atomic mass is 10.1. The lowest BCUT2D eigenvalue weighted by molar-refractivity contribution is -0.117. The van der Waals surface area contributed by atoms with Crippen LogP contribution in [0.4, 0.5) is 5.69 Å². The van der Waals surface area contributed by atoms with E-state index in [-0.39, 0.29) is 11.7 Å². The Morgan fingerprint density at radius 1 is 1.59 bits per heavy atom. The van der Waals surface area contributed by atoms with Crippen molar-refractivity contribution in [2.24, 2.45) is 5.73 Å². The fourth-order valence-electron chi connectivity index (χ4n) is 1.39. The Labute approximate surface area is 101 Å². The third kappa shape index (κ3) is 4.05. The standard InChI is InChI=1S/C12H18N2O3/c1-8-7-9(15)3-4-11(8)14-12(16)10(13)5-6-17-2/h3-4,7,10,15H,5-6,13H2,1-2H3,(H,14,16). The summed E-state index contributed by atoms with van der Waals surface area (Å²) in [6.07, 6.45) is 0.472. The predicted octanol–water partition coefficient (Wildman–Crippen LogP) is 1.00. The van der Waals surface area contributed by atoms with Crippen molar-refractivity contribution >= 4 is 11.6 Å². The Morgan fingerprint density at radius 3 is 2.88 bits per heavy atom. The SMILES string of the molecule is COCCC(N)C(=O)Nc1ccc(O)cc1C. The molecular formula is C12H18N2O3. The molecular weight excluding hydrogens is 220 g/mol. The molecule has 0 aromatic heterocycles. The Kier molecular flexibility index (Phi) is 4.93. The Morgan fingerprint density at radius 2 is 2.29 bits per heavy atom. The van der Waals surface area contributed by atoms with Gasteiger partial charge in [-0.2, -0.15) is 0 Å². The van der Waals surface area contributed by atoms with Crippen LogP contribution in [0.2, 0.25) is 0 Å². The van der Waals surface area contributed by atoms with Crippen LogP contribution in [0.15, 0.2) is 18.2 Å². The molecule has 1 atom stereocenters. The Balaban J connectivity index is 2.61. The van der Waals surface area contributed by atoms with E-state index < -0.39 is 6.04 Å². The highest BCUT2D eigenvalue weighted by molar-refractivity contribution is 5.95. The van der Waals surface area contributed by atoms with Gasteiger partial charge in [-0.05, 0) is 37.1 Å². The van der Waals surface area contributed by atoms with Crippen molar-refractivity contribution in [3.8, 4) is 5.75 Å². The van der Waals surface area contributed by atoms with Crippen LogP contribution < -0.4 is 11.1 Å². The van der Waals surface area contributed by atoms with E-state index >= 15 is 0 Å². The molecule has 0 saturated heterocycles. The van der Waals surface area contributed by atoms with Gasteiger partial charge >= 0.3 is 0 Å². The number of ether oxygens (including phenoxy) is 1. The molecule has 0 spiro atoms. The Hall–Kier alpha value is -1.59. The maximum absolute atomic E-state index is 11.7. The van der Waals surface area contributed by atoms with Gasteiger partial charge in [0.05, 0.1) is 6.04 Å². The summed E-state index contributed by atoms with van der Waals surface area (Å²) in [7, 11) is 1.56. The molecule has 0 saturated carbocycles. The van der Waals surface area contributed by atoms with Crippen LogP contribution in [0.25, 0.3) is 0 Å². The third-order valence-electron chi connectivity index (χ3n) is 2.44. The molecule has 0 aliphatic heterocycles. The van der Waals surface area contributed by atoms with Gasteiger partial charge in [-0.3, -0.25) is 4.79 Å². The number of rotatable bonds is 5. The highest BCUT2D eigenvalue weighted by atomic mass is 16.5. The summed E-state index contributed by atoms with van der Waals surface area (Å²) in [6.45, 7) is 2.25. The van der Waals surface area contributed by atoms with Crippen molar-refractivity contribution in [2.45, 2.75) is 19.4 Å². The zero-order chi connectivity index (χ0) is 12.8. The molecule has 1 aromatic carbocycles. The first-order chi connectivity index (χ1) is 8.04. The van der Waals surface area contributed by atoms with E-state index in [9.17, 15) is 9.90 Å². The molecule has 17 heavy (non-hydrogen) atoms. The number of hydrogen-bond acceptors (Lipinski definition) is 4. The van der Waals surface area contributed by atoms with Crippen LogP contribution in [-0.4, -0.2) is 30.8 Å². The first-order valence-corrected chi connectivity index (χ1v) is 5.39. The highest BCUT2D eigenvalue weighted by Crippen LogP contribution is 2.20. The minimum Gasteiger partial charge on any atom is -0.508 e. The van der Waals surface area contributed by atoms with Crippen molar-refractivity contribution in [2.75, 3.05) is 19.0 Å². The van der Waals surface area contributed by atoms with Gasteiger partial charge in [-0.1, -0.05) is 0 Å². The molecule has 0 radical (unpaired) electrons. The van der Waals surface area contributed by atoms with Crippen LogP contribution in [0.3, 0.4) is 0 Å². The van der Waals surface area contributed by atoms with E-state index in [0.29, 0.717) is 18.7 Å².